The molecule has 0 bridgehead atoms. The molecule has 2 fully saturated rings. The van der Waals surface area contributed by atoms with Crippen LogP contribution in [0.1, 0.15) is 23.6 Å². The minimum atomic E-state index is -2.41. The van der Waals surface area contributed by atoms with Crippen LogP contribution in [0, 0.1) is 0 Å². The summed E-state index contributed by atoms with van der Waals surface area (Å²) in [5, 5.41) is 3.23. The smallest absolute Gasteiger partial charge is 0.337 e. The standard InChI is InChI=1S/C39H45NO6Si/c1-4-43-39(41)37-38(47(2,3)32-23-15-8-16-24-32)34-36(45-27-31-21-13-7-14-22-31)35(44-26-30-19-11-6-12-20-30)33(40(34)46-37)28-42-25-29-17-9-5-10-18-29/h5-24,33-38H,4,25-28H2,1-3H3/t33-,34+,35-,36-,37-,38+/m1/s1. The molecule has 0 saturated carbocycles. The highest BCUT2D eigenvalue weighted by Crippen LogP contribution is 2.49. The summed E-state index contributed by atoms with van der Waals surface area (Å²) < 4.78 is 25.8. The van der Waals surface area contributed by atoms with Gasteiger partial charge in [-0.2, -0.15) is 5.06 Å². The van der Waals surface area contributed by atoms with Gasteiger partial charge in [0.25, 0.3) is 0 Å². The molecular formula is C39H45NO6Si. The zero-order valence-electron chi connectivity index (χ0n) is 27.4. The van der Waals surface area contributed by atoms with Crippen LogP contribution in [0.3, 0.4) is 0 Å². The van der Waals surface area contributed by atoms with E-state index in [4.69, 9.17) is 23.8 Å². The molecule has 0 amide bonds. The van der Waals surface area contributed by atoms with Crippen molar-refractivity contribution in [3.05, 3.63) is 138 Å². The fraction of sp³-hybridized carbons (Fsp3) is 0.359. The van der Waals surface area contributed by atoms with E-state index in [1.165, 1.54) is 5.19 Å². The molecule has 6 rings (SSSR count). The molecular weight excluding hydrogens is 607 g/mol. The first-order valence-corrected chi connectivity index (χ1v) is 19.6. The molecule has 47 heavy (non-hydrogen) atoms. The number of hydrogen-bond acceptors (Lipinski definition) is 7. The molecule has 0 N–H and O–H groups in total. The summed E-state index contributed by atoms with van der Waals surface area (Å²) in [6.07, 6.45) is -1.55. The van der Waals surface area contributed by atoms with Crippen molar-refractivity contribution >= 4 is 19.2 Å². The van der Waals surface area contributed by atoms with Gasteiger partial charge in [-0.1, -0.05) is 140 Å². The van der Waals surface area contributed by atoms with E-state index in [-0.39, 0.29) is 36.3 Å². The van der Waals surface area contributed by atoms with Crippen molar-refractivity contribution in [2.24, 2.45) is 0 Å². The monoisotopic (exact) mass is 651 g/mol. The van der Waals surface area contributed by atoms with Gasteiger partial charge in [-0.05, 0) is 23.6 Å². The number of rotatable bonds is 14. The highest BCUT2D eigenvalue weighted by atomic mass is 28.3. The lowest BCUT2D eigenvalue weighted by molar-refractivity contribution is -0.208. The summed E-state index contributed by atoms with van der Waals surface area (Å²) in [6.45, 7) is 8.36. The largest absolute Gasteiger partial charge is 0.464 e. The molecule has 0 aromatic heterocycles. The Bertz CT molecular complexity index is 1540. The van der Waals surface area contributed by atoms with Crippen molar-refractivity contribution in [2.45, 2.75) is 75.8 Å². The number of carbonyl (C=O) groups is 1. The van der Waals surface area contributed by atoms with Gasteiger partial charge in [-0.3, -0.25) is 4.84 Å². The van der Waals surface area contributed by atoms with Crippen LogP contribution in [0.25, 0.3) is 0 Å². The number of hydroxylamine groups is 2. The zero-order chi connectivity index (χ0) is 32.6. The minimum absolute atomic E-state index is 0.174. The maximum atomic E-state index is 13.7. The van der Waals surface area contributed by atoms with Crippen molar-refractivity contribution < 1.29 is 28.6 Å². The maximum absolute atomic E-state index is 13.7. The zero-order valence-corrected chi connectivity index (χ0v) is 28.4. The normalized spacial score (nSPS) is 24.2. The molecule has 2 aliphatic rings. The average Bonchev–Trinajstić information content (AvgIpc) is 3.63. The molecule has 0 radical (unpaired) electrons. The number of ether oxygens (including phenoxy) is 4. The van der Waals surface area contributed by atoms with E-state index in [9.17, 15) is 4.79 Å². The van der Waals surface area contributed by atoms with Gasteiger partial charge in [0.2, 0.25) is 0 Å². The molecule has 6 atom stereocenters. The Hall–Kier alpha value is -3.63. The van der Waals surface area contributed by atoms with Crippen LogP contribution in [-0.2, 0) is 48.4 Å². The predicted octanol–water partition coefficient (Wildman–Crippen LogP) is 6.29. The molecule has 8 heteroatoms. The SMILES string of the molecule is CCOC(=O)[C@@H]1ON2[C@@H]([C@@H](OCc3ccccc3)[C@H](OCc3ccccc3)[C@H]2COCc2ccccc2)[C@@H]1[Si](C)(C)c1ccccc1. The lowest BCUT2D eigenvalue weighted by atomic mass is 10.0. The Morgan fingerprint density at radius 2 is 1.19 bits per heavy atom. The molecule has 2 saturated heterocycles. The van der Waals surface area contributed by atoms with E-state index in [1.807, 2.05) is 72.7 Å². The van der Waals surface area contributed by atoms with Gasteiger partial charge in [0.05, 0.1) is 53.2 Å². The van der Waals surface area contributed by atoms with Gasteiger partial charge in [-0.15, -0.1) is 0 Å². The number of hydrogen-bond donors (Lipinski definition) is 0. The number of carbonyl (C=O) groups excluding carboxylic acids is 1. The minimum Gasteiger partial charge on any atom is -0.464 e. The fourth-order valence-electron chi connectivity index (χ4n) is 7.06. The molecule has 7 nitrogen and oxygen atoms in total. The second-order valence-corrected chi connectivity index (χ2v) is 17.5. The molecule has 0 unspecified atom stereocenters. The van der Waals surface area contributed by atoms with E-state index in [0.717, 1.165) is 16.7 Å². The summed E-state index contributed by atoms with van der Waals surface area (Å²) in [7, 11) is -2.41. The van der Waals surface area contributed by atoms with Crippen LogP contribution in [0.5, 0.6) is 0 Å². The number of benzene rings is 4. The van der Waals surface area contributed by atoms with E-state index in [2.05, 4.69) is 73.8 Å². The molecule has 4 aromatic rings. The van der Waals surface area contributed by atoms with Gasteiger partial charge in [0, 0.05) is 5.54 Å². The van der Waals surface area contributed by atoms with E-state index >= 15 is 0 Å². The van der Waals surface area contributed by atoms with Crippen LogP contribution in [0.15, 0.2) is 121 Å². The van der Waals surface area contributed by atoms with Crippen molar-refractivity contribution in [1.29, 1.82) is 0 Å². The molecule has 0 aliphatic carbocycles. The lowest BCUT2D eigenvalue weighted by Crippen LogP contribution is -2.56. The second-order valence-electron chi connectivity index (χ2n) is 12.8. The van der Waals surface area contributed by atoms with Crippen LogP contribution in [0.4, 0.5) is 0 Å². The van der Waals surface area contributed by atoms with Crippen LogP contribution < -0.4 is 5.19 Å². The van der Waals surface area contributed by atoms with Crippen molar-refractivity contribution in [2.75, 3.05) is 13.2 Å². The Morgan fingerprint density at radius 3 is 1.72 bits per heavy atom. The summed E-state index contributed by atoms with van der Waals surface area (Å²) >= 11 is 0. The summed E-state index contributed by atoms with van der Waals surface area (Å²) in [5.74, 6) is -0.337. The number of fused-ring (bicyclic) bond motifs is 1. The number of nitrogens with zero attached hydrogens (tertiary/aromatic N) is 1. The maximum Gasteiger partial charge on any atom is 0.337 e. The van der Waals surface area contributed by atoms with E-state index in [0.29, 0.717) is 26.4 Å². The van der Waals surface area contributed by atoms with Crippen LogP contribution in [-0.4, -0.2) is 62.7 Å². The Morgan fingerprint density at radius 1 is 0.702 bits per heavy atom. The second kappa shape index (κ2) is 15.5. The molecule has 2 aliphatic heterocycles. The average molecular weight is 652 g/mol. The Labute approximate surface area is 279 Å². The number of esters is 1. The highest BCUT2D eigenvalue weighted by Gasteiger charge is 2.65. The lowest BCUT2D eigenvalue weighted by Gasteiger charge is -2.37. The van der Waals surface area contributed by atoms with Crippen LogP contribution >= 0.6 is 0 Å². The van der Waals surface area contributed by atoms with E-state index < -0.39 is 20.3 Å². The summed E-state index contributed by atoms with van der Waals surface area (Å²) in [6, 6.07) is 40.4. The quantitative estimate of drug-likeness (QED) is 0.117. The van der Waals surface area contributed by atoms with Gasteiger partial charge in [0.15, 0.2) is 6.10 Å². The first-order valence-electron chi connectivity index (χ1n) is 16.6. The van der Waals surface area contributed by atoms with Crippen LogP contribution in [0.2, 0.25) is 18.6 Å². The van der Waals surface area contributed by atoms with Crippen molar-refractivity contribution in [3.63, 3.8) is 0 Å². The first kappa shape index (κ1) is 33.3. The van der Waals surface area contributed by atoms with E-state index in [1.54, 1.807) is 0 Å². The van der Waals surface area contributed by atoms with Crippen molar-refractivity contribution in [1.82, 2.24) is 5.06 Å². The fourth-order valence-corrected chi connectivity index (χ4v) is 10.6. The Balaban J connectivity index is 1.38. The van der Waals surface area contributed by atoms with Crippen molar-refractivity contribution in [3.8, 4) is 0 Å². The van der Waals surface area contributed by atoms with Gasteiger partial charge in [-0.25, -0.2) is 4.79 Å². The predicted molar refractivity (Wildman–Crippen MR) is 184 cm³/mol. The third-order valence-corrected chi connectivity index (χ3v) is 13.6. The molecule has 0 spiro atoms. The topological polar surface area (TPSA) is 66.5 Å². The molecule has 4 aromatic carbocycles. The van der Waals surface area contributed by atoms with Gasteiger partial charge < -0.3 is 18.9 Å². The summed E-state index contributed by atoms with van der Waals surface area (Å²) in [5.41, 5.74) is 3.06. The highest BCUT2D eigenvalue weighted by molar-refractivity contribution is 6.91. The molecule has 2 heterocycles. The van der Waals surface area contributed by atoms with Gasteiger partial charge >= 0.3 is 5.97 Å². The third-order valence-electron chi connectivity index (χ3n) is 9.43. The summed E-state index contributed by atoms with van der Waals surface area (Å²) in [4.78, 5) is 20.4. The van der Waals surface area contributed by atoms with Gasteiger partial charge in [0.1, 0.15) is 12.2 Å². The third kappa shape index (κ3) is 7.59. The first-order chi connectivity index (χ1) is 23.0. The Kier molecular flexibility index (Phi) is 11.0. The molecule has 246 valence electrons.